The number of alkyl halides is 1. The number of hydrogen-bond acceptors (Lipinski definition) is 0. The summed E-state index contributed by atoms with van der Waals surface area (Å²) in [6.45, 7) is 0. The minimum absolute atomic E-state index is 0.119. The third-order valence-corrected chi connectivity index (χ3v) is 3.84. The van der Waals surface area contributed by atoms with Gasteiger partial charge in [0.15, 0.2) is 0 Å². The van der Waals surface area contributed by atoms with Crippen molar-refractivity contribution in [3.8, 4) is 0 Å². The zero-order valence-corrected chi connectivity index (χ0v) is 11.5. The molecule has 3 heteroatoms. The summed E-state index contributed by atoms with van der Waals surface area (Å²) in [6, 6.07) is 14.7. The SMILES string of the molecule is Fc1ccc(Br)cc1C(Br)c1ccccc1. The standard InChI is InChI=1S/C13H9Br2F/c14-10-6-7-12(16)11(8-10)13(15)9-4-2-1-3-5-9/h1-8,13H. The van der Waals surface area contributed by atoms with Crippen molar-refractivity contribution in [2.45, 2.75) is 4.83 Å². The minimum Gasteiger partial charge on any atom is -0.207 e. The van der Waals surface area contributed by atoms with Gasteiger partial charge in [0.05, 0.1) is 4.83 Å². The molecule has 0 fully saturated rings. The fourth-order valence-corrected chi connectivity index (χ4v) is 2.55. The molecule has 0 aliphatic carbocycles. The van der Waals surface area contributed by atoms with E-state index >= 15 is 0 Å². The van der Waals surface area contributed by atoms with Gasteiger partial charge in [-0.05, 0) is 23.8 Å². The van der Waals surface area contributed by atoms with Crippen molar-refractivity contribution in [1.29, 1.82) is 0 Å². The molecule has 0 amide bonds. The van der Waals surface area contributed by atoms with Gasteiger partial charge in [0, 0.05) is 10.0 Å². The van der Waals surface area contributed by atoms with Crippen LogP contribution < -0.4 is 0 Å². The number of hydrogen-bond donors (Lipinski definition) is 0. The summed E-state index contributed by atoms with van der Waals surface area (Å²) in [7, 11) is 0. The van der Waals surface area contributed by atoms with Crippen molar-refractivity contribution in [3.63, 3.8) is 0 Å². The molecule has 0 bridgehead atoms. The van der Waals surface area contributed by atoms with Gasteiger partial charge in [-0.15, -0.1) is 0 Å². The van der Waals surface area contributed by atoms with Gasteiger partial charge < -0.3 is 0 Å². The predicted molar refractivity (Wildman–Crippen MR) is 71.3 cm³/mol. The summed E-state index contributed by atoms with van der Waals surface area (Å²) in [4.78, 5) is -0.119. The summed E-state index contributed by atoms with van der Waals surface area (Å²) < 4.78 is 14.5. The molecule has 0 saturated carbocycles. The molecule has 82 valence electrons. The lowest BCUT2D eigenvalue weighted by Crippen LogP contribution is -1.96. The molecular weight excluding hydrogens is 335 g/mol. The van der Waals surface area contributed by atoms with E-state index in [-0.39, 0.29) is 10.6 Å². The van der Waals surface area contributed by atoms with Crippen LogP contribution in [0.4, 0.5) is 4.39 Å². The van der Waals surface area contributed by atoms with Crippen molar-refractivity contribution in [1.82, 2.24) is 0 Å². The van der Waals surface area contributed by atoms with Gasteiger partial charge in [-0.3, -0.25) is 0 Å². The highest BCUT2D eigenvalue weighted by Gasteiger charge is 2.14. The molecule has 1 atom stereocenters. The van der Waals surface area contributed by atoms with E-state index in [9.17, 15) is 4.39 Å². The molecule has 1 unspecified atom stereocenters. The summed E-state index contributed by atoms with van der Waals surface area (Å²) in [6.07, 6.45) is 0. The van der Waals surface area contributed by atoms with Crippen LogP contribution in [0.1, 0.15) is 16.0 Å². The minimum atomic E-state index is -0.200. The average Bonchev–Trinajstić information content (AvgIpc) is 2.32. The van der Waals surface area contributed by atoms with Crippen molar-refractivity contribution < 1.29 is 4.39 Å². The van der Waals surface area contributed by atoms with Crippen LogP contribution in [0.15, 0.2) is 53.0 Å². The molecule has 0 heterocycles. The summed E-state index contributed by atoms with van der Waals surface area (Å²) in [5.41, 5.74) is 1.68. The number of rotatable bonds is 2. The number of benzene rings is 2. The Bertz CT molecular complexity index is 483. The normalized spacial score (nSPS) is 12.4. The molecule has 2 aromatic carbocycles. The lowest BCUT2D eigenvalue weighted by atomic mass is 10.0. The van der Waals surface area contributed by atoms with Gasteiger partial charge in [0.2, 0.25) is 0 Å². The third-order valence-electron chi connectivity index (χ3n) is 2.32. The van der Waals surface area contributed by atoms with Gasteiger partial charge in [0.25, 0.3) is 0 Å². The maximum absolute atomic E-state index is 13.7. The zero-order chi connectivity index (χ0) is 11.5. The highest BCUT2D eigenvalue weighted by Crippen LogP contribution is 2.33. The van der Waals surface area contributed by atoms with E-state index in [4.69, 9.17) is 0 Å². The lowest BCUT2D eigenvalue weighted by Gasteiger charge is -2.11. The molecule has 0 spiro atoms. The van der Waals surface area contributed by atoms with Crippen LogP contribution in [0.5, 0.6) is 0 Å². The van der Waals surface area contributed by atoms with Crippen molar-refractivity contribution >= 4 is 31.9 Å². The van der Waals surface area contributed by atoms with Crippen molar-refractivity contribution in [3.05, 3.63) is 69.9 Å². The number of halogens is 3. The first kappa shape index (κ1) is 11.8. The Morgan fingerprint density at radius 1 is 1.00 bits per heavy atom. The maximum atomic E-state index is 13.7. The molecule has 0 aromatic heterocycles. The monoisotopic (exact) mass is 342 g/mol. The van der Waals surface area contributed by atoms with E-state index in [2.05, 4.69) is 31.9 Å². The Morgan fingerprint density at radius 2 is 1.69 bits per heavy atom. The Balaban J connectivity index is 2.41. The van der Waals surface area contributed by atoms with Crippen LogP contribution in [-0.2, 0) is 0 Å². The van der Waals surface area contributed by atoms with E-state index in [1.807, 2.05) is 30.3 Å². The third kappa shape index (κ3) is 2.53. The topological polar surface area (TPSA) is 0 Å². The van der Waals surface area contributed by atoms with E-state index in [0.717, 1.165) is 10.0 Å². The molecule has 0 radical (unpaired) electrons. The van der Waals surface area contributed by atoms with Gasteiger partial charge in [-0.25, -0.2) is 4.39 Å². The van der Waals surface area contributed by atoms with Gasteiger partial charge in [-0.2, -0.15) is 0 Å². The van der Waals surface area contributed by atoms with Crippen LogP contribution in [0, 0.1) is 5.82 Å². The molecule has 0 aliphatic heterocycles. The van der Waals surface area contributed by atoms with Gasteiger partial charge in [-0.1, -0.05) is 62.2 Å². The first-order valence-corrected chi connectivity index (χ1v) is 6.53. The van der Waals surface area contributed by atoms with E-state index < -0.39 is 0 Å². The van der Waals surface area contributed by atoms with Gasteiger partial charge >= 0.3 is 0 Å². The van der Waals surface area contributed by atoms with Crippen LogP contribution in [0.25, 0.3) is 0 Å². The van der Waals surface area contributed by atoms with Gasteiger partial charge in [0.1, 0.15) is 5.82 Å². The van der Waals surface area contributed by atoms with E-state index in [1.165, 1.54) is 6.07 Å². The molecule has 2 rings (SSSR count). The Morgan fingerprint density at radius 3 is 2.38 bits per heavy atom. The first-order chi connectivity index (χ1) is 7.68. The quantitative estimate of drug-likeness (QED) is 0.667. The van der Waals surface area contributed by atoms with E-state index in [0.29, 0.717) is 5.56 Å². The fraction of sp³-hybridized carbons (Fsp3) is 0.0769. The van der Waals surface area contributed by atoms with Crippen LogP contribution >= 0.6 is 31.9 Å². The zero-order valence-electron chi connectivity index (χ0n) is 8.33. The maximum Gasteiger partial charge on any atom is 0.127 e. The summed E-state index contributed by atoms with van der Waals surface area (Å²) in [5.74, 6) is -0.200. The average molecular weight is 344 g/mol. The Hall–Kier alpha value is -0.670. The van der Waals surface area contributed by atoms with Crippen molar-refractivity contribution in [2.24, 2.45) is 0 Å². The second kappa shape index (κ2) is 5.11. The molecule has 0 N–H and O–H groups in total. The smallest absolute Gasteiger partial charge is 0.127 e. The summed E-state index contributed by atoms with van der Waals surface area (Å²) in [5, 5.41) is 0. The molecule has 0 aliphatic rings. The first-order valence-electron chi connectivity index (χ1n) is 4.82. The Kier molecular flexibility index (Phi) is 3.77. The Labute approximate surface area is 111 Å². The molecular formula is C13H9Br2F. The largest absolute Gasteiger partial charge is 0.207 e. The van der Waals surface area contributed by atoms with Crippen LogP contribution in [0.2, 0.25) is 0 Å². The van der Waals surface area contributed by atoms with Crippen LogP contribution in [-0.4, -0.2) is 0 Å². The molecule has 16 heavy (non-hydrogen) atoms. The molecule has 2 aromatic rings. The second-order valence-corrected chi connectivity index (χ2v) is 5.27. The van der Waals surface area contributed by atoms with Crippen molar-refractivity contribution in [2.75, 3.05) is 0 Å². The second-order valence-electron chi connectivity index (χ2n) is 3.44. The molecule has 0 saturated heterocycles. The predicted octanol–water partition coefficient (Wildman–Crippen LogP) is 5.07. The van der Waals surface area contributed by atoms with E-state index in [1.54, 1.807) is 12.1 Å². The highest BCUT2D eigenvalue weighted by atomic mass is 79.9. The fourth-order valence-electron chi connectivity index (χ4n) is 1.51. The highest BCUT2D eigenvalue weighted by molar-refractivity contribution is 9.10. The lowest BCUT2D eigenvalue weighted by molar-refractivity contribution is 0.613. The summed E-state index contributed by atoms with van der Waals surface area (Å²) >= 11 is 6.87. The molecule has 0 nitrogen and oxygen atoms in total. The van der Waals surface area contributed by atoms with Crippen LogP contribution in [0.3, 0.4) is 0 Å².